The van der Waals surface area contributed by atoms with E-state index in [-0.39, 0.29) is 0 Å². The zero-order chi connectivity index (χ0) is 14.0. The lowest BCUT2D eigenvalue weighted by atomic mass is 10.2. The van der Waals surface area contributed by atoms with E-state index in [1.807, 2.05) is 18.8 Å². The summed E-state index contributed by atoms with van der Waals surface area (Å²) >= 11 is 1.87. The molecule has 0 aliphatic heterocycles. The van der Waals surface area contributed by atoms with Crippen LogP contribution in [0, 0.1) is 5.92 Å². The van der Waals surface area contributed by atoms with Crippen molar-refractivity contribution in [3.63, 3.8) is 0 Å². The van der Waals surface area contributed by atoms with Gasteiger partial charge in [-0.05, 0) is 30.9 Å². The van der Waals surface area contributed by atoms with Crippen LogP contribution < -0.4 is 10.6 Å². The zero-order valence-corrected chi connectivity index (χ0v) is 13.1. The second-order valence-corrected chi connectivity index (χ2v) is 6.34. The van der Waals surface area contributed by atoms with Gasteiger partial charge >= 0.3 is 0 Å². The summed E-state index contributed by atoms with van der Waals surface area (Å²) < 4.78 is 0. The van der Waals surface area contributed by atoms with Crippen molar-refractivity contribution in [2.75, 3.05) is 25.9 Å². The van der Waals surface area contributed by atoms with Crippen molar-refractivity contribution in [2.45, 2.75) is 30.6 Å². The van der Waals surface area contributed by atoms with Gasteiger partial charge in [-0.15, -0.1) is 11.8 Å². The molecule has 4 heteroatoms. The third kappa shape index (κ3) is 6.33. The maximum Gasteiger partial charge on any atom is 0.191 e. The predicted molar refractivity (Wildman–Crippen MR) is 88.5 cm³/mol. The number of hydrogen-bond acceptors (Lipinski definition) is 2. The van der Waals surface area contributed by atoms with Crippen molar-refractivity contribution in [1.29, 1.82) is 0 Å². The van der Waals surface area contributed by atoms with Crippen LogP contribution in [0.4, 0.5) is 0 Å². The van der Waals surface area contributed by atoms with Crippen molar-refractivity contribution in [2.24, 2.45) is 10.9 Å². The molecule has 1 aliphatic rings. The van der Waals surface area contributed by atoms with Gasteiger partial charge in [-0.1, -0.05) is 31.0 Å². The van der Waals surface area contributed by atoms with Crippen LogP contribution in [0.1, 0.15) is 25.7 Å². The lowest BCUT2D eigenvalue weighted by molar-refractivity contribution is 0.646. The van der Waals surface area contributed by atoms with E-state index in [2.05, 4.69) is 46.0 Å². The Bertz CT molecular complexity index is 401. The Labute approximate surface area is 126 Å². The van der Waals surface area contributed by atoms with Crippen LogP contribution in [0.2, 0.25) is 0 Å². The van der Waals surface area contributed by atoms with Crippen LogP contribution in [-0.4, -0.2) is 31.8 Å². The van der Waals surface area contributed by atoms with Crippen molar-refractivity contribution in [3.05, 3.63) is 30.3 Å². The smallest absolute Gasteiger partial charge is 0.191 e. The SMILES string of the molecule is CN=C(NCCCC1CC1)NCCSc1ccccc1. The first-order valence-corrected chi connectivity index (χ1v) is 8.49. The van der Waals surface area contributed by atoms with Gasteiger partial charge in [0, 0.05) is 30.8 Å². The third-order valence-corrected chi connectivity index (χ3v) is 4.42. The molecule has 20 heavy (non-hydrogen) atoms. The molecule has 1 aliphatic carbocycles. The Morgan fingerprint density at radius 2 is 1.95 bits per heavy atom. The number of benzene rings is 1. The van der Waals surface area contributed by atoms with Crippen molar-refractivity contribution < 1.29 is 0 Å². The third-order valence-electron chi connectivity index (χ3n) is 3.41. The standard InChI is InChI=1S/C16H25N3S/c1-17-16(18-11-5-6-14-9-10-14)19-12-13-20-15-7-3-2-4-8-15/h2-4,7-8,14H,5-6,9-13H2,1H3,(H2,17,18,19). The Balaban J connectivity index is 1.51. The fourth-order valence-electron chi connectivity index (χ4n) is 2.08. The van der Waals surface area contributed by atoms with Gasteiger partial charge in [-0.25, -0.2) is 0 Å². The molecular formula is C16H25N3S. The average molecular weight is 291 g/mol. The van der Waals surface area contributed by atoms with Gasteiger partial charge in [-0.2, -0.15) is 0 Å². The summed E-state index contributed by atoms with van der Waals surface area (Å²) in [4.78, 5) is 5.57. The van der Waals surface area contributed by atoms with E-state index in [4.69, 9.17) is 0 Å². The molecule has 0 saturated heterocycles. The first-order chi connectivity index (χ1) is 9.88. The minimum absolute atomic E-state index is 0.925. The summed E-state index contributed by atoms with van der Waals surface area (Å²) in [6.07, 6.45) is 5.52. The molecule has 0 spiro atoms. The number of nitrogens with one attached hydrogen (secondary N) is 2. The highest BCUT2D eigenvalue weighted by Crippen LogP contribution is 2.33. The fourth-order valence-corrected chi connectivity index (χ4v) is 2.87. The molecule has 110 valence electrons. The van der Waals surface area contributed by atoms with E-state index in [1.54, 1.807) is 0 Å². The Kier molecular flexibility index (Phi) is 6.78. The van der Waals surface area contributed by atoms with Gasteiger partial charge in [0.15, 0.2) is 5.96 Å². The minimum Gasteiger partial charge on any atom is -0.356 e. The maximum absolute atomic E-state index is 4.25. The monoisotopic (exact) mass is 291 g/mol. The van der Waals surface area contributed by atoms with E-state index in [9.17, 15) is 0 Å². The van der Waals surface area contributed by atoms with Crippen molar-refractivity contribution in [1.82, 2.24) is 10.6 Å². The van der Waals surface area contributed by atoms with E-state index in [0.717, 1.165) is 30.7 Å². The molecule has 1 aromatic carbocycles. The fraction of sp³-hybridized carbons (Fsp3) is 0.562. The second-order valence-electron chi connectivity index (χ2n) is 5.17. The highest BCUT2D eigenvalue weighted by molar-refractivity contribution is 7.99. The first-order valence-electron chi connectivity index (χ1n) is 7.51. The van der Waals surface area contributed by atoms with E-state index >= 15 is 0 Å². The topological polar surface area (TPSA) is 36.4 Å². The number of guanidine groups is 1. The molecule has 0 unspecified atom stereocenters. The second kappa shape index (κ2) is 8.90. The number of hydrogen-bond donors (Lipinski definition) is 2. The minimum atomic E-state index is 0.925. The summed E-state index contributed by atoms with van der Waals surface area (Å²) in [5.41, 5.74) is 0. The van der Waals surface area contributed by atoms with Crippen LogP contribution in [0.3, 0.4) is 0 Å². The van der Waals surface area contributed by atoms with Crippen molar-refractivity contribution in [3.8, 4) is 0 Å². The Hall–Kier alpha value is -1.16. The van der Waals surface area contributed by atoms with E-state index in [0.29, 0.717) is 0 Å². The van der Waals surface area contributed by atoms with E-state index < -0.39 is 0 Å². The normalized spacial score (nSPS) is 15.2. The molecule has 0 atom stereocenters. The molecule has 0 bridgehead atoms. The molecule has 2 rings (SSSR count). The largest absolute Gasteiger partial charge is 0.356 e. The van der Waals surface area contributed by atoms with Crippen LogP contribution >= 0.6 is 11.8 Å². The van der Waals surface area contributed by atoms with E-state index in [1.165, 1.54) is 30.6 Å². The van der Waals surface area contributed by atoms with Crippen LogP contribution in [0.25, 0.3) is 0 Å². The van der Waals surface area contributed by atoms with Gasteiger partial charge in [-0.3, -0.25) is 4.99 Å². The van der Waals surface area contributed by atoms with Gasteiger partial charge in [0.2, 0.25) is 0 Å². The number of aliphatic imine (C=N–C) groups is 1. The molecule has 1 fully saturated rings. The summed E-state index contributed by atoms with van der Waals surface area (Å²) in [5.74, 6) is 3.00. The van der Waals surface area contributed by atoms with Gasteiger partial charge < -0.3 is 10.6 Å². The van der Waals surface area contributed by atoms with Crippen LogP contribution in [0.5, 0.6) is 0 Å². The first kappa shape index (κ1) is 15.2. The zero-order valence-electron chi connectivity index (χ0n) is 12.3. The number of rotatable bonds is 8. The highest BCUT2D eigenvalue weighted by atomic mass is 32.2. The molecule has 3 nitrogen and oxygen atoms in total. The maximum atomic E-state index is 4.25. The molecule has 1 saturated carbocycles. The Morgan fingerprint density at radius 3 is 2.65 bits per heavy atom. The van der Waals surface area contributed by atoms with Gasteiger partial charge in [0.25, 0.3) is 0 Å². The summed E-state index contributed by atoms with van der Waals surface area (Å²) in [6.45, 7) is 1.96. The molecule has 1 aromatic rings. The van der Waals surface area contributed by atoms with Crippen LogP contribution in [-0.2, 0) is 0 Å². The summed E-state index contributed by atoms with van der Waals surface area (Å²) in [5, 5.41) is 6.74. The average Bonchev–Trinajstić information content (AvgIpc) is 3.31. The lowest BCUT2D eigenvalue weighted by Crippen LogP contribution is -2.38. The molecule has 0 aromatic heterocycles. The number of nitrogens with zero attached hydrogens (tertiary/aromatic N) is 1. The molecule has 2 N–H and O–H groups in total. The molecule has 0 radical (unpaired) electrons. The van der Waals surface area contributed by atoms with Gasteiger partial charge in [0.1, 0.15) is 0 Å². The number of thioether (sulfide) groups is 1. The summed E-state index contributed by atoms with van der Waals surface area (Å²) in [6, 6.07) is 10.5. The quantitative estimate of drug-likeness (QED) is 0.334. The lowest BCUT2D eigenvalue weighted by Gasteiger charge is -2.11. The van der Waals surface area contributed by atoms with Crippen LogP contribution in [0.15, 0.2) is 40.2 Å². The summed E-state index contributed by atoms with van der Waals surface area (Å²) in [7, 11) is 1.83. The molecular weight excluding hydrogens is 266 g/mol. The molecule has 0 heterocycles. The molecule has 0 amide bonds. The Morgan fingerprint density at radius 1 is 1.20 bits per heavy atom. The highest BCUT2D eigenvalue weighted by Gasteiger charge is 2.19. The predicted octanol–water partition coefficient (Wildman–Crippen LogP) is 3.13. The van der Waals surface area contributed by atoms with Crippen molar-refractivity contribution >= 4 is 17.7 Å². The van der Waals surface area contributed by atoms with Gasteiger partial charge in [0.05, 0.1) is 0 Å².